The molecule has 0 bridgehead atoms. The first-order chi connectivity index (χ1) is 9.06. The molecule has 6 heteroatoms. The maximum atomic E-state index is 10.8. The van der Waals surface area contributed by atoms with E-state index in [2.05, 4.69) is 9.88 Å². The van der Waals surface area contributed by atoms with E-state index >= 15 is 0 Å². The second-order valence-corrected chi connectivity index (χ2v) is 5.50. The van der Waals surface area contributed by atoms with E-state index in [1.54, 1.807) is 13.0 Å². The van der Waals surface area contributed by atoms with Crippen LogP contribution in [0.5, 0.6) is 0 Å². The van der Waals surface area contributed by atoms with Gasteiger partial charge in [0, 0.05) is 25.1 Å². The van der Waals surface area contributed by atoms with Crippen LogP contribution in [0.1, 0.15) is 18.5 Å². The molecule has 1 aromatic heterocycles. The number of aliphatic hydroxyl groups is 1. The van der Waals surface area contributed by atoms with Crippen molar-refractivity contribution >= 4 is 11.5 Å². The third kappa shape index (κ3) is 2.06. The van der Waals surface area contributed by atoms with Gasteiger partial charge in [-0.1, -0.05) is 0 Å². The van der Waals surface area contributed by atoms with E-state index in [1.807, 2.05) is 0 Å². The van der Waals surface area contributed by atoms with Gasteiger partial charge in [0.1, 0.15) is 11.5 Å². The SMILES string of the molecule is Cc1nc(N2CC3CCC(O)C3C2)ccc1[N+](=O)[O-]. The summed E-state index contributed by atoms with van der Waals surface area (Å²) >= 11 is 0. The average Bonchev–Trinajstić information content (AvgIpc) is 2.91. The number of nitro groups is 1. The summed E-state index contributed by atoms with van der Waals surface area (Å²) in [6, 6.07) is 3.22. The molecule has 3 unspecified atom stereocenters. The second kappa shape index (κ2) is 4.45. The van der Waals surface area contributed by atoms with Crippen molar-refractivity contribution < 1.29 is 10.0 Å². The molecule has 2 aliphatic rings. The van der Waals surface area contributed by atoms with E-state index in [4.69, 9.17) is 0 Å². The molecule has 6 nitrogen and oxygen atoms in total. The molecule has 0 spiro atoms. The number of rotatable bonds is 2. The van der Waals surface area contributed by atoms with Crippen LogP contribution in [0.25, 0.3) is 0 Å². The maximum absolute atomic E-state index is 10.8. The Kier molecular flexibility index (Phi) is 2.89. The van der Waals surface area contributed by atoms with Crippen LogP contribution in [0.15, 0.2) is 12.1 Å². The zero-order valence-electron chi connectivity index (χ0n) is 10.8. The van der Waals surface area contributed by atoms with Crippen LogP contribution in [0.2, 0.25) is 0 Å². The summed E-state index contributed by atoms with van der Waals surface area (Å²) in [6.45, 7) is 3.36. The minimum Gasteiger partial charge on any atom is -0.393 e. The summed E-state index contributed by atoms with van der Waals surface area (Å²) in [5.74, 6) is 1.65. The highest BCUT2D eigenvalue weighted by Crippen LogP contribution is 2.39. The molecule has 0 aromatic carbocycles. The minimum absolute atomic E-state index is 0.0585. The molecular weight excluding hydrogens is 246 g/mol. The summed E-state index contributed by atoms with van der Waals surface area (Å²) in [4.78, 5) is 16.8. The highest BCUT2D eigenvalue weighted by molar-refractivity contribution is 5.47. The lowest BCUT2D eigenvalue weighted by Gasteiger charge is -2.19. The Labute approximate surface area is 111 Å². The van der Waals surface area contributed by atoms with Crippen LogP contribution in [0.3, 0.4) is 0 Å². The Balaban J connectivity index is 1.81. The zero-order chi connectivity index (χ0) is 13.6. The topological polar surface area (TPSA) is 79.5 Å². The Morgan fingerprint density at radius 1 is 1.42 bits per heavy atom. The van der Waals surface area contributed by atoms with Gasteiger partial charge in [-0.2, -0.15) is 0 Å². The first-order valence-electron chi connectivity index (χ1n) is 6.61. The Bertz CT molecular complexity index is 520. The Morgan fingerprint density at radius 3 is 2.84 bits per heavy atom. The van der Waals surface area contributed by atoms with E-state index in [0.29, 0.717) is 17.5 Å². The van der Waals surface area contributed by atoms with Gasteiger partial charge in [0.15, 0.2) is 0 Å². The molecule has 1 saturated heterocycles. The Hall–Kier alpha value is -1.69. The smallest absolute Gasteiger partial charge is 0.290 e. The number of hydrogen-bond donors (Lipinski definition) is 1. The minimum atomic E-state index is -0.408. The van der Waals surface area contributed by atoms with Gasteiger partial charge >= 0.3 is 0 Å². The number of fused-ring (bicyclic) bond motifs is 1. The molecule has 1 aliphatic carbocycles. The fraction of sp³-hybridized carbons (Fsp3) is 0.615. The molecule has 0 amide bonds. The van der Waals surface area contributed by atoms with Gasteiger partial charge in [-0.25, -0.2) is 4.98 Å². The van der Waals surface area contributed by atoms with E-state index in [-0.39, 0.29) is 11.8 Å². The molecule has 3 atom stereocenters. The van der Waals surface area contributed by atoms with Crippen molar-refractivity contribution in [2.24, 2.45) is 11.8 Å². The number of nitrogens with zero attached hydrogens (tertiary/aromatic N) is 3. The summed E-state index contributed by atoms with van der Waals surface area (Å²) in [6.07, 6.45) is 1.76. The van der Waals surface area contributed by atoms with Gasteiger partial charge in [0.05, 0.1) is 11.0 Å². The lowest BCUT2D eigenvalue weighted by Crippen LogP contribution is -2.25. The third-order valence-corrected chi connectivity index (χ3v) is 4.38. The van der Waals surface area contributed by atoms with Crippen LogP contribution >= 0.6 is 0 Å². The largest absolute Gasteiger partial charge is 0.393 e. The summed E-state index contributed by atoms with van der Waals surface area (Å²) in [5.41, 5.74) is 0.503. The monoisotopic (exact) mass is 263 g/mol. The predicted octanol–water partition coefficient (Wildman–Crippen LogP) is 1.51. The van der Waals surface area contributed by atoms with Gasteiger partial charge in [0.2, 0.25) is 0 Å². The number of anilines is 1. The van der Waals surface area contributed by atoms with Crippen molar-refractivity contribution in [1.82, 2.24) is 4.98 Å². The molecule has 1 aliphatic heterocycles. The average molecular weight is 263 g/mol. The van der Waals surface area contributed by atoms with Crippen molar-refractivity contribution in [3.05, 3.63) is 27.9 Å². The quantitative estimate of drug-likeness (QED) is 0.646. The molecular formula is C13H17N3O3. The lowest BCUT2D eigenvalue weighted by molar-refractivity contribution is -0.385. The third-order valence-electron chi connectivity index (χ3n) is 4.38. The fourth-order valence-corrected chi connectivity index (χ4v) is 3.33. The summed E-state index contributed by atoms with van der Waals surface area (Å²) in [5, 5.41) is 20.7. The Morgan fingerprint density at radius 2 is 2.21 bits per heavy atom. The summed E-state index contributed by atoms with van der Waals surface area (Å²) < 4.78 is 0. The van der Waals surface area contributed by atoms with Crippen LogP contribution in [0, 0.1) is 28.9 Å². The molecule has 0 radical (unpaired) electrons. The number of aryl methyl sites for hydroxylation is 1. The first kappa shape index (κ1) is 12.3. The molecule has 19 heavy (non-hydrogen) atoms. The van der Waals surface area contributed by atoms with Crippen molar-refractivity contribution in [1.29, 1.82) is 0 Å². The standard InChI is InChI=1S/C13H17N3O3/c1-8-11(16(18)19)3-5-13(14-8)15-6-9-2-4-12(17)10(9)7-15/h3,5,9-10,12,17H,2,4,6-7H2,1H3. The number of aliphatic hydroxyl groups excluding tert-OH is 1. The predicted molar refractivity (Wildman–Crippen MR) is 70.1 cm³/mol. The first-order valence-corrected chi connectivity index (χ1v) is 6.61. The zero-order valence-corrected chi connectivity index (χ0v) is 10.8. The van der Waals surface area contributed by atoms with Crippen molar-refractivity contribution in [2.75, 3.05) is 18.0 Å². The normalized spacial score (nSPS) is 29.6. The summed E-state index contributed by atoms with van der Waals surface area (Å²) in [7, 11) is 0. The van der Waals surface area contributed by atoms with Crippen LogP contribution in [-0.4, -0.2) is 34.2 Å². The fourth-order valence-electron chi connectivity index (χ4n) is 3.33. The van der Waals surface area contributed by atoms with E-state index in [0.717, 1.165) is 31.7 Å². The van der Waals surface area contributed by atoms with E-state index in [1.165, 1.54) is 6.07 Å². The van der Waals surface area contributed by atoms with Gasteiger partial charge in [-0.3, -0.25) is 10.1 Å². The van der Waals surface area contributed by atoms with E-state index in [9.17, 15) is 15.2 Å². The maximum Gasteiger partial charge on any atom is 0.290 e. The molecule has 2 fully saturated rings. The van der Waals surface area contributed by atoms with Crippen LogP contribution in [0.4, 0.5) is 11.5 Å². The molecule has 1 saturated carbocycles. The molecule has 2 heterocycles. The molecule has 3 rings (SSSR count). The number of pyridine rings is 1. The van der Waals surface area contributed by atoms with Gasteiger partial charge in [0.25, 0.3) is 5.69 Å². The molecule has 1 aromatic rings. The van der Waals surface area contributed by atoms with Crippen LogP contribution < -0.4 is 4.90 Å². The van der Waals surface area contributed by atoms with E-state index < -0.39 is 4.92 Å². The van der Waals surface area contributed by atoms with Gasteiger partial charge < -0.3 is 10.0 Å². The number of aromatic nitrogens is 1. The molecule has 102 valence electrons. The van der Waals surface area contributed by atoms with Crippen molar-refractivity contribution in [3.8, 4) is 0 Å². The van der Waals surface area contributed by atoms with Crippen molar-refractivity contribution in [3.63, 3.8) is 0 Å². The van der Waals surface area contributed by atoms with Gasteiger partial charge in [-0.15, -0.1) is 0 Å². The number of hydrogen-bond acceptors (Lipinski definition) is 5. The van der Waals surface area contributed by atoms with Crippen LogP contribution in [-0.2, 0) is 0 Å². The molecule has 1 N–H and O–H groups in total. The second-order valence-electron chi connectivity index (χ2n) is 5.50. The van der Waals surface area contributed by atoms with Crippen molar-refractivity contribution in [2.45, 2.75) is 25.9 Å². The highest BCUT2D eigenvalue weighted by Gasteiger charge is 2.42. The van der Waals surface area contributed by atoms with Gasteiger partial charge in [-0.05, 0) is 31.7 Å². The highest BCUT2D eigenvalue weighted by atomic mass is 16.6. The lowest BCUT2D eigenvalue weighted by atomic mass is 10.00.